The molecule has 2 aromatic carbocycles. The first-order valence-corrected chi connectivity index (χ1v) is 6.84. The van der Waals surface area contributed by atoms with E-state index in [1.807, 2.05) is 25.1 Å². The molecule has 2 aromatic rings. The third-order valence-electron chi connectivity index (χ3n) is 2.84. The summed E-state index contributed by atoms with van der Waals surface area (Å²) in [4.78, 5) is 12.3. The Morgan fingerprint density at radius 3 is 2.81 bits per heavy atom. The van der Waals surface area contributed by atoms with E-state index in [1.54, 1.807) is 24.3 Å². The van der Waals surface area contributed by atoms with Crippen LogP contribution in [-0.2, 0) is 0 Å². The first kappa shape index (κ1) is 15.1. The summed E-state index contributed by atoms with van der Waals surface area (Å²) in [6, 6.07) is 12.5. The third-order valence-corrected chi connectivity index (χ3v) is 3.07. The lowest BCUT2D eigenvalue weighted by atomic mass is 10.1. The van der Waals surface area contributed by atoms with E-state index in [9.17, 15) is 4.79 Å². The molecular formula is C17H15ClN2O. The maximum absolute atomic E-state index is 12.3. The summed E-state index contributed by atoms with van der Waals surface area (Å²) in [7, 11) is 0. The largest absolute Gasteiger partial charge is 0.321 e. The second kappa shape index (κ2) is 6.94. The fourth-order valence-corrected chi connectivity index (χ4v) is 2.03. The van der Waals surface area contributed by atoms with Crippen molar-refractivity contribution in [2.75, 3.05) is 11.9 Å². The Balaban J connectivity index is 2.30. The van der Waals surface area contributed by atoms with Crippen molar-refractivity contribution in [3.8, 4) is 11.8 Å². The molecule has 0 saturated carbocycles. The summed E-state index contributed by atoms with van der Waals surface area (Å²) in [6.07, 6.45) is 0. The molecule has 106 valence electrons. The highest BCUT2D eigenvalue weighted by molar-refractivity contribution is 6.31. The number of anilines is 1. The van der Waals surface area contributed by atoms with E-state index in [0.717, 1.165) is 11.1 Å². The number of benzene rings is 2. The van der Waals surface area contributed by atoms with E-state index in [-0.39, 0.29) is 12.5 Å². The zero-order valence-corrected chi connectivity index (χ0v) is 12.4. The van der Waals surface area contributed by atoms with Gasteiger partial charge in [-0.15, -0.1) is 0 Å². The molecule has 0 fully saturated rings. The first-order valence-electron chi connectivity index (χ1n) is 6.46. The van der Waals surface area contributed by atoms with Crippen LogP contribution in [0, 0.1) is 18.8 Å². The summed E-state index contributed by atoms with van der Waals surface area (Å²) in [5, 5.41) is 3.39. The molecule has 1 amide bonds. The van der Waals surface area contributed by atoms with Gasteiger partial charge in [-0.1, -0.05) is 35.6 Å². The van der Waals surface area contributed by atoms with Gasteiger partial charge in [-0.3, -0.25) is 4.79 Å². The van der Waals surface area contributed by atoms with E-state index in [2.05, 4.69) is 17.2 Å². The van der Waals surface area contributed by atoms with Crippen LogP contribution in [0.3, 0.4) is 0 Å². The van der Waals surface area contributed by atoms with Crippen molar-refractivity contribution in [3.05, 3.63) is 64.2 Å². The number of nitrogens with one attached hydrogen (secondary N) is 1. The molecule has 2 rings (SSSR count). The minimum absolute atomic E-state index is 0.223. The van der Waals surface area contributed by atoms with Crippen LogP contribution < -0.4 is 11.1 Å². The fraction of sp³-hybridized carbons (Fsp3) is 0.118. The van der Waals surface area contributed by atoms with Crippen LogP contribution in [0.25, 0.3) is 0 Å². The van der Waals surface area contributed by atoms with Crippen molar-refractivity contribution in [1.29, 1.82) is 0 Å². The number of nitrogens with two attached hydrogens (primary N) is 1. The number of hydrogen-bond acceptors (Lipinski definition) is 2. The Labute approximate surface area is 129 Å². The number of carbonyl (C=O) groups excluding carboxylic acids is 1. The molecule has 0 heterocycles. The van der Waals surface area contributed by atoms with Crippen LogP contribution in [-0.4, -0.2) is 12.5 Å². The number of amides is 1. The standard InChI is InChI=1S/C17H15ClN2O/c1-12-7-8-13(5-3-9-19)16(10-12)20-17(21)14-4-2-6-15(18)11-14/h2,4,6-8,10-11H,9,19H2,1H3,(H,20,21). The summed E-state index contributed by atoms with van der Waals surface area (Å²) in [6.45, 7) is 2.23. The Morgan fingerprint density at radius 2 is 2.10 bits per heavy atom. The van der Waals surface area contributed by atoms with E-state index in [4.69, 9.17) is 17.3 Å². The Bertz CT molecular complexity index is 729. The monoisotopic (exact) mass is 298 g/mol. The average Bonchev–Trinajstić information content (AvgIpc) is 2.46. The predicted molar refractivity (Wildman–Crippen MR) is 86.5 cm³/mol. The van der Waals surface area contributed by atoms with Crippen LogP contribution in [0.4, 0.5) is 5.69 Å². The normalized spacial score (nSPS) is 9.67. The molecule has 3 N–H and O–H groups in total. The highest BCUT2D eigenvalue weighted by Gasteiger charge is 2.09. The van der Waals surface area contributed by atoms with Gasteiger partial charge in [0, 0.05) is 16.1 Å². The van der Waals surface area contributed by atoms with Crippen molar-refractivity contribution >= 4 is 23.2 Å². The van der Waals surface area contributed by atoms with Gasteiger partial charge in [0.05, 0.1) is 12.2 Å². The minimum atomic E-state index is -0.223. The van der Waals surface area contributed by atoms with Gasteiger partial charge in [-0.25, -0.2) is 0 Å². The molecule has 0 aromatic heterocycles. The molecular weight excluding hydrogens is 284 g/mol. The Morgan fingerprint density at radius 1 is 1.29 bits per heavy atom. The van der Waals surface area contributed by atoms with Crippen LogP contribution in [0.1, 0.15) is 21.5 Å². The van der Waals surface area contributed by atoms with Gasteiger partial charge in [0.1, 0.15) is 0 Å². The lowest BCUT2D eigenvalue weighted by molar-refractivity contribution is 0.102. The van der Waals surface area contributed by atoms with Crippen LogP contribution in [0.2, 0.25) is 5.02 Å². The van der Waals surface area contributed by atoms with Crippen LogP contribution in [0.15, 0.2) is 42.5 Å². The quantitative estimate of drug-likeness (QED) is 0.837. The molecule has 3 nitrogen and oxygen atoms in total. The third kappa shape index (κ3) is 4.09. The van der Waals surface area contributed by atoms with E-state index >= 15 is 0 Å². The van der Waals surface area contributed by atoms with Crippen LogP contribution >= 0.6 is 11.6 Å². The highest BCUT2D eigenvalue weighted by Crippen LogP contribution is 2.18. The highest BCUT2D eigenvalue weighted by atomic mass is 35.5. The molecule has 0 bridgehead atoms. The number of halogens is 1. The number of hydrogen-bond donors (Lipinski definition) is 2. The van der Waals surface area contributed by atoms with Gasteiger partial charge in [0.15, 0.2) is 0 Å². The fourth-order valence-electron chi connectivity index (χ4n) is 1.84. The predicted octanol–water partition coefficient (Wildman–Crippen LogP) is 3.21. The van der Waals surface area contributed by atoms with Gasteiger partial charge in [0.25, 0.3) is 5.91 Å². The van der Waals surface area contributed by atoms with Gasteiger partial charge >= 0.3 is 0 Å². The maximum Gasteiger partial charge on any atom is 0.255 e. The van der Waals surface area contributed by atoms with E-state index < -0.39 is 0 Å². The number of aryl methyl sites for hydroxylation is 1. The maximum atomic E-state index is 12.3. The molecule has 0 atom stereocenters. The number of carbonyl (C=O) groups is 1. The van der Waals surface area contributed by atoms with E-state index in [0.29, 0.717) is 16.3 Å². The van der Waals surface area contributed by atoms with Crippen molar-refractivity contribution in [2.45, 2.75) is 6.92 Å². The second-order valence-electron chi connectivity index (χ2n) is 4.52. The van der Waals surface area contributed by atoms with Gasteiger partial charge in [-0.05, 0) is 42.8 Å². The van der Waals surface area contributed by atoms with Crippen molar-refractivity contribution in [1.82, 2.24) is 0 Å². The second-order valence-corrected chi connectivity index (χ2v) is 4.96. The lowest BCUT2D eigenvalue weighted by Gasteiger charge is -2.09. The lowest BCUT2D eigenvalue weighted by Crippen LogP contribution is -2.13. The van der Waals surface area contributed by atoms with Crippen LogP contribution in [0.5, 0.6) is 0 Å². The Hall–Kier alpha value is -2.28. The van der Waals surface area contributed by atoms with Crippen molar-refractivity contribution in [3.63, 3.8) is 0 Å². The smallest absolute Gasteiger partial charge is 0.255 e. The van der Waals surface area contributed by atoms with Gasteiger partial charge in [-0.2, -0.15) is 0 Å². The van der Waals surface area contributed by atoms with Gasteiger partial charge < -0.3 is 11.1 Å². The molecule has 4 heteroatoms. The van der Waals surface area contributed by atoms with Crippen molar-refractivity contribution in [2.24, 2.45) is 5.73 Å². The molecule has 21 heavy (non-hydrogen) atoms. The molecule has 0 aliphatic heterocycles. The molecule has 0 unspecified atom stereocenters. The van der Waals surface area contributed by atoms with Gasteiger partial charge in [0.2, 0.25) is 0 Å². The summed E-state index contributed by atoms with van der Waals surface area (Å²) in [5.41, 5.74) is 8.33. The summed E-state index contributed by atoms with van der Waals surface area (Å²) >= 11 is 5.90. The first-order chi connectivity index (χ1) is 10.1. The summed E-state index contributed by atoms with van der Waals surface area (Å²) in [5.74, 6) is 5.52. The zero-order valence-electron chi connectivity index (χ0n) is 11.6. The Kier molecular flexibility index (Phi) is 4.99. The van der Waals surface area contributed by atoms with E-state index in [1.165, 1.54) is 0 Å². The topological polar surface area (TPSA) is 55.1 Å². The number of rotatable bonds is 2. The van der Waals surface area contributed by atoms with Crippen molar-refractivity contribution < 1.29 is 4.79 Å². The molecule has 0 spiro atoms. The SMILES string of the molecule is Cc1ccc(C#CCN)c(NC(=O)c2cccc(Cl)c2)c1. The molecule has 0 aliphatic carbocycles. The average molecular weight is 299 g/mol. The molecule has 0 radical (unpaired) electrons. The molecule has 0 saturated heterocycles. The summed E-state index contributed by atoms with van der Waals surface area (Å²) < 4.78 is 0. The molecule has 0 aliphatic rings. The minimum Gasteiger partial charge on any atom is -0.321 e. The zero-order chi connectivity index (χ0) is 15.2.